The molecule has 3 aromatic rings. The first-order chi connectivity index (χ1) is 11.6. The third-order valence-corrected chi connectivity index (χ3v) is 3.49. The molecule has 3 heterocycles. The van der Waals surface area contributed by atoms with Crippen LogP contribution >= 0.6 is 0 Å². The third kappa shape index (κ3) is 3.40. The van der Waals surface area contributed by atoms with Gasteiger partial charge in [0.25, 0.3) is 5.91 Å². The highest BCUT2D eigenvalue weighted by molar-refractivity contribution is 5.94. The summed E-state index contributed by atoms with van der Waals surface area (Å²) in [6.07, 6.45) is 6.84. The zero-order chi connectivity index (χ0) is 16.9. The number of pyridine rings is 2. The van der Waals surface area contributed by atoms with Crippen molar-refractivity contribution in [3.63, 3.8) is 0 Å². The fraction of sp³-hybridized carbons (Fsp3) is 0.176. The molecular formula is C17H18N6O. The number of aromatic nitrogens is 4. The SMILES string of the molecule is CN(C)c1cc(C(=O)NCc2cccnc2-n2cccn2)ccn1. The van der Waals surface area contributed by atoms with Gasteiger partial charge in [-0.3, -0.25) is 4.79 Å². The van der Waals surface area contributed by atoms with Crippen LogP contribution < -0.4 is 10.2 Å². The molecule has 3 rings (SSSR count). The van der Waals surface area contributed by atoms with Gasteiger partial charge in [-0.2, -0.15) is 5.10 Å². The number of hydrogen-bond donors (Lipinski definition) is 1. The van der Waals surface area contributed by atoms with Gasteiger partial charge in [0.15, 0.2) is 5.82 Å². The van der Waals surface area contributed by atoms with Crippen molar-refractivity contribution in [2.45, 2.75) is 6.54 Å². The summed E-state index contributed by atoms with van der Waals surface area (Å²) in [5.41, 5.74) is 1.45. The van der Waals surface area contributed by atoms with Crippen LogP contribution in [-0.4, -0.2) is 39.8 Å². The number of anilines is 1. The van der Waals surface area contributed by atoms with E-state index in [2.05, 4.69) is 20.4 Å². The monoisotopic (exact) mass is 322 g/mol. The third-order valence-electron chi connectivity index (χ3n) is 3.49. The minimum Gasteiger partial charge on any atom is -0.363 e. The molecule has 122 valence electrons. The average molecular weight is 322 g/mol. The van der Waals surface area contributed by atoms with E-state index in [0.29, 0.717) is 17.9 Å². The molecule has 0 aliphatic carbocycles. The Kier molecular flexibility index (Phi) is 4.51. The van der Waals surface area contributed by atoms with Crippen LogP contribution in [0.3, 0.4) is 0 Å². The number of amides is 1. The van der Waals surface area contributed by atoms with Crippen LogP contribution in [0.5, 0.6) is 0 Å². The average Bonchev–Trinajstić information content (AvgIpc) is 3.14. The summed E-state index contributed by atoms with van der Waals surface area (Å²) in [6.45, 7) is 0.363. The number of rotatable bonds is 5. The molecule has 0 atom stereocenters. The van der Waals surface area contributed by atoms with Crippen LogP contribution in [0.4, 0.5) is 5.82 Å². The van der Waals surface area contributed by atoms with Gasteiger partial charge in [0.2, 0.25) is 0 Å². The molecule has 7 heteroatoms. The lowest BCUT2D eigenvalue weighted by molar-refractivity contribution is 0.0951. The molecule has 3 aromatic heterocycles. The minimum atomic E-state index is -0.157. The van der Waals surface area contributed by atoms with Crippen LogP contribution in [-0.2, 0) is 6.54 Å². The molecule has 0 bridgehead atoms. The van der Waals surface area contributed by atoms with Crippen molar-refractivity contribution in [2.75, 3.05) is 19.0 Å². The Hall–Kier alpha value is -3.22. The topological polar surface area (TPSA) is 75.9 Å². The molecule has 0 saturated carbocycles. The maximum Gasteiger partial charge on any atom is 0.251 e. The van der Waals surface area contributed by atoms with E-state index in [1.165, 1.54) is 0 Å². The van der Waals surface area contributed by atoms with E-state index in [1.54, 1.807) is 35.4 Å². The zero-order valence-electron chi connectivity index (χ0n) is 13.5. The Morgan fingerprint density at radius 1 is 1.17 bits per heavy atom. The predicted octanol–water partition coefficient (Wildman–Crippen LogP) is 1.66. The van der Waals surface area contributed by atoms with Crippen molar-refractivity contribution < 1.29 is 4.79 Å². The predicted molar refractivity (Wildman–Crippen MR) is 91.1 cm³/mol. The smallest absolute Gasteiger partial charge is 0.251 e. The van der Waals surface area contributed by atoms with Gasteiger partial charge >= 0.3 is 0 Å². The highest BCUT2D eigenvalue weighted by Crippen LogP contribution is 2.12. The molecule has 0 aliphatic heterocycles. The number of carbonyl (C=O) groups is 1. The number of hydrogen-bond acceptors (Lipinski definition) is 5. The highest BCUT2D eigenvalue weighted by atomic mass is 16.1. The first-order valence-corrected chi connectivity index (χ1v) is 7.50. The molecule has 0 aromatic carbocycles. The van der Waals surface area contributed by atoms with Crippen LogP contribution in [0.2, 0.25) is 0 Å². The van der Waals surface area contributed by atoms with Crippen LogP contribution in [0, 0.1) is 0 Å². The largest absolute Gasteiger partial charge is 0.363 e. The Labute approximate surface area is 140 Å². The fourth-order valence-electron chi connectivity index (χ4n) is 2.25. The number of nitrogens with one attached hydrogen (secondary N) is 1. The van der Waals surface area contributed by atoms with E-state index in [-0.39, 0.29) is 5.91 Å². The maximum atomic E-state index is 12.4. The van der Waals surface area contributed by atoms with Crippen molar-refractivity contribution in [3.05, 3.63) is 66.2 Å². The van der Waals surface area contributed by atoms with Crippen molar-refractivity contribution in [1.29, 1.82) is 0 Å². The standard InChI is InChI=1S/C17H18N6O/c1-22(2)15-11-13(6-9-18-15)17(24)20-12-14-5-3-7-19-16(14)23-10-4-8-21-23/h3-11H,12H2,1-2H3,(H,20,24). The molecule has 0 spiro atoms. The van der Waals surface area contributed by atoms with E-state index < -0.39 is 0 Å². The lowest BCUT2D eigenvalue weighted by Gasteiger charge is -2.13. The molecule has 0 unspecified atom stereocenters. The summed E-state index contributed by atoms with van der Waals surface area (Å²) < 4.78 is 1.68. The van der Waals surface area contributed by atoms with Crippen LogP contribution in [0.1, 0.15) is 15.9 Å². The summed E-state index contributed by atoms with van der Waals surface area (Å²) in [7, 11) is 3.77. The Morgan fingerprint density at radius 2 is 2.04 bits per heavy atom. The van der Waals surface area contributed by atoms with E-state index in [1.807, 2.05) is 43.4 Å². The van der Waals surface area contributed by atoms with Gasteiger partial charge in [-0.15, -0.1) is 0 Å². The maximum absolute atomic E-state index is 12.4. The Morgan fingerprint density at radius 3 is 2.79 bits per heavy atom. The van der Waals surface area contributed by atoms with Crippen molar-refractivity contribution in [2.24, 2.45) is 0 Å². The first-order valence-electron chi connectivity index (χ1n) is 7.50. The van der Waals surface area contributed by atoms with Crippen LogP contribution in [0.25, 0.3) is 5.82 Å². The Balaban J connectivity index is 1.75. The molecule has 7 nitrogen and oxygen atoms in total. The first kappa shape index (κ1) is 15.7. The molecule has 0 aliphatic rings. The molecule has 0 saturated heterocycles. The van der Waals surface area contributed by atoms with Gasteiger partial charge in [0.1, 0.15) is 5.82 Å². The fourth-order valence-corrected chi connectivity index (χ4v) is 2.25. The van der Waals surface area contributed by atoms with Crippen LogP contribution in [0.15, 0.2) is 55.1 Å². The second-order valence-corrected chi connectivity index (χ2v) is 5.42. The minimum absolute atomic E-state index is 0.157. The number of carbonyl (C=O) groups excluding carboxylic acids is 1. The molecule has 24 heavy (non-hydrogen) atoms. The normalized spacial score (nSPS) is 10.4. The molecule has 1 amide bonds. The second-order valence-electron chi connectivity index (χ2n) is 5.42. The van der Waals surface area contributed by atoms with Crippen molar-refractivity contribution in [1.82, 2.24) is 25.1 Å². The van der Waals surface area contributed by atoms with Gasteiger partial charge in [-0.25, -0.2) is 14.6 Å². The quantitative estimate of drug-likeness (QED) is 0.773. The van der Waals surface area contributed by atoms with Crippen molar-refractivity contribution in [3.8, 4) is 5.82 Å². The summed E-state index contributed by atoms with van der Waals surface area (Å²) in [4.78, 5) is 22.8. The number of nitrogens with zero attached hydrogens (tertiary/aromatic N) is 5. The van der Waals surface area contributed by atoms with Gasteiger partial charge in [0, 0.05) is 56.6 Å². The summed E-state index contributed by atoms with van der Waals surface area (Å²) >= 11 is 0. The lowest BCUT2D eigenvalue weighted by atomic mass is 10.2. The second kappa shape index (κ2) is 6.91. The van der Waals surface area contributed by atoms with Gasteiger partial charge in [-0.1, -0.05) is 6.07 Å². The van der Waals surface area contributed by atoms with Gasteiger partial charge in [-0.05, 0) is 24.3 Å². The molecular weight excluding hydrogens is 304 g/mol. The van der Waals surface area contributed by atoms with Crippen molar-refractivity contribution >= 4 is 11.7 Å². The highest BCUT2D eigenvalue weighted by Gasteiger charge is 2.10. The molecule has 0 fully saturated rings. The Bertz CT molecular complexity index is 829. The van der Waals surface area contributed by atoms with Gasteiger partial charge < -0.3 is 10.2 Å². The van der Waals surface area contributed by atoms with E-state index in [4.69, 9.17) is 0 Å². The molecule has 1 N–H and O–H groups in total. The summed E-state index contributed by atoms with van der Waals surface area (Å²) in [5.74, 6) is 1.28. The zero-order valence-corrected chi connectivity index (χ0v) is 13.5. The summed E-state index contributed by atoms with van der Waals surface area (Å²) in [6, 6.07) is 9.04. The van der Waals surface area contributed by atoms with E-state index in [9.17, 15) is 4.79 Å². The summed E-state index contributed by atoms with van der Waals surface area (Å²) in [5, 5.41) is 7.11. The van der Waals surface area contributed by atoms with E-state index in [0.717, 1.165) is 11.4 Å². The lowest BCUT2D eigenvalue weighted by Crippen LogP contribution is -2.24. The van der Waals surface area contributed by atoms with E-state index >= 15 is 0 Å². The molecule has 0 radical (unpaired) electrons. The van der Waals surface area contributed by atoms with Gasteiger partial charge in [0.05, 0.1) is 0 Å².